The first-order valence-corrected chi connectivity index (χ1v) is 10.8. The summed E-state index contributed by atoms with van der Waals surface area (Å²) in [5, 5.41) is 7.12. The summed E-state index contributed by atoms with van der Waals surface area (Å²) in [4.78, 5) is 40.1. The van der Waals surface area contributed by atoms with Crippen LogP contribution in [0.5, 0.6) is 0 Å². The van der Waals surface area contributed by atoms with Crippen molar-refractivity contribution in [2.75, 3.05) is 38.1 Å². The number of aliphatic carboxylic acids is 1. The number of carboxylic acids is 1. The monoisotopic (exact) mass is 495 g/mol. The van der Waals surface area contributed by atoms with E-state index in [0.717, 1.165) is 17.5 Å². The molecule has 2 heterocycles. The number of carbonyl (C=O) groups is 3. The number of alkyl halides is 3. The Morgan fingerprint density at radius 3 is 2.31 bits per heavy atom. The highest BCUT2D eigenvalue weighted by Crippen LogP contribution is 2.34. The number of hydrogen-bond acceptors (Lipinski definition) is 4. The molecule has 1 atom stereocenters. The molecule has 2 aliphatic heterocycles. The van der Waals surface area contributed by atoms with Crippen molar-refractivity contribution < 1.29 is 37.1 Å². The molecule has 2 saturated heterocycles. The number of carbonyl (C=O) groups excluding carboxylic acids is 2. The predicted octanol–water partition coefficient (Wildman–Crippen LogP) is 3.33. The van der Waals surface area contributed by atoms with Gasteiger partial charge in [-0.15, -0.1) is 0 Å². The summed E-state index contributed by atoms with van der Waals surface area (Å²) in [5.41, 5.74) is 1.93. The largest absolute Gasteiger partial charge is 0.490 e. The van der Waals surface area contributed by atoms with Gasteiger partial charge < -0.3 is 14.9 Å². The first kappa shape index (κ1) is 26.1. The van der Waals surface area contributed by atoms with Crippen LogP contribution in [0.2, 0.25) is 0 Å². The van der Waals surface area contributed by atoms with Gasteiger partial charge in [0.15, 0.2) is 0 Å². The van der Waals surface area contributed by atoms with E-state index >= 15 is 0 Å². The number of rotatable bonds is 2. The molecule has 2 amide bonds. The highest BCUT2D eigenvalue weighted by atomic mass is 19.4. The number of carboxylic acid groups (broad SMARTS) is 1. The summed E-state index contributed by atoms with van der Waals surface area (Å²) < 4.78 is 45.4. The van der Waals surface area contributed by atoms with E-state index < -0.39 is 12.1 Å². The van der Waals surface area contributed by atoms with E-state index in [-0.39, 0.29) is 29.7 Å². The maximum atomic E-state index is 13.7. The van der Waals surface area contributed by atoms with E-state index in [1.807, 2.05) is 43.1 Å². The Hall–Kier alpha value is -3.47. The number of hydrogen-bond donors (Lipinski definition) is 1. The lowest BCUT2D eigenvalue weighted by atomic mass is 9.92. The molecule has 7 nitrogen and oxygen atoms in total. The topological polar surface area (TPSA) is 81.2 Å². The second-order valence-electron chi connectivity index (χ2n) is 8.63. The van der Waals surface area contributed by atoms with E-state index in [4.69, 9.17) is 9.90 Å². The lowest BCUT2D eigenvalue weighted by Gasteiger charge is -2.46. The summed E-state index contributed by atoms with van der Waals surface area (Å²) in [7, 11) is 1.93. The van der Waals surface area contributed by atoms with Gasteiger partial charge in [-0.3, -0.25) is 14.5 Å². The highest BCUT2D eigenvalue weighted by molar-refractivity contribution is 5.97. The minimum absolute atomic E-state index is 0.0255. The van der Waals surface area contributed by atoms with Crippen molar-refractivity contribution in [3.8, 4) is 0 Å². The molecule has 4 rings (SSSR count). The zero-order valence-corrected chi connectivity index (χ0v) is 19.2. The normalized spacial score (nSPS) is 20.6. The molecule has 0 aromatic heterocycles. The first-order valence-electron chi connectivity index (χ1n) is 10.8. The van der Waals surface area contributed by atoms with Crippen molar-refractivity contribution in [3.05, 3.63) is 65.5 Å². The minimum atomic E-state index is -5.08. The van der Waals surface area contributed by atoms with Crippen LogP contribution in [-0.2, 0) is 9.59 Å². The van der Waals surface area contributed by atoms with Gasteiger partial charge in [-0.25, -0.2) is 9.18 Å². The molecule has 0 radical (unpaired) electrons. The molecule has 1 N–H and O–H groups in total. The number of piperazine rings is 1. The van der Waals surface area contributed by atoms with E-state index in [0.29, 0.717) is 25.3 Å². The molecule has 0 bridgehead atoms. The molecule has 0 saturated carbocycles. The zero-order valence-electron chi connectivity index (χ0n) is 19.2. The zero-order chi connectivity index (χ0) is 26.0. The van der Waals surface area contributed by atoms with Crippen LogP contribution in [0.1, 0.15) is 22.3 Å². The van der Waals surface area contributed by atoms with E-state index in [1.165, 1.54) is 12.1 Å². The lowest BCUT2D eigenvalue weighted by molar-refractivity contribution is -0.192. The van der Waals surface area contributed by atoms with Crippen molar-refractivity contribution in [1.82, 2.24) is 9.80 Å². The van der Waals surface area contributed by atoms with Gasteiger partial charge in [0.25, 0.3) is 5.91 Å². The number of anilines is 1. The molecule has 11 heteroatoms. The van der Waals surface area contributed by atoms with Gasteiger partial charge in [-0.05, 0) is 50.2 Å². The molecule has 1 spiro atoms. The number of halogens is 4. The fraction of sp³-hybridized carbons (Fsp3) is 0.375. The van der Waals surface area contributed by atoms with Gasteiger partial charge in [0.1, 0.15) is 5.82 Å². The molecule has 2 fully saturated rings. The SMILES string of the molecule is Cc1ccccc1C(=O)N1CCC2(C1)CN(c1cccc(F)c1)C(=O)CN2C.O=C(O)C(F)(F)F. The number of aryl methyl sites for hydroxylation is 1. The predicted molar refractivity (Wildman–Crippen MR) is 120 cm³/mol. The van der Waals surface area contributed by atoms with Crippen molar-refractivity contribution in [2.45, 2.75) is 25.1 Å². The number of likely N-dealkylation sites (N-methyl/N-ethyl adjacent to an activating group) is 1. The highest BCUT2D eigenvalue weighted by Gasteiger charge is 2.48. The standard InChI is InChI=1S/C22H24FN3O2.C2HF3O2/c1-16-6-3-4-9-19(16)21(28)25-11-10-22(14-25)15-26(20(27)13-24(22)2)18-8-5-7-17(23)12-18;3-2(4,5)1(6)7/h3-9,12H,10-11,13-15H2,1-2H3;(H,6,7). The van der Waals surface area contributed by atoms with E-state index in [2.05, 4.69) is 4.90 Å². The summed E-state index contributed by atoms with van der Waals surface area (Å²) in [6.45, 7) is 3.83. The Labute approximate surface area is 199 Å². The van der Waals surface area contributed by atoms with Crippen LogP contribution in [0, 0.1) is 12.7 Å². The lowest BCUT2D eigenvalue weighted by Crippen LogP contribution is -2.64. The summed E-state index contributed by atoms with van der Waals surface area (Å²) >= 11 is 0. The maximum Gasteiger partial charge on any atom is 0.490 e. The van der Waals surface area contributed by atoms with Gasteiger partial charge in [0.05, 0.1) is 12.1 Å². The van der Waals surface area contributed by atoms with E-state index in [1.54, 1.807) is 17.0 Å². The summed E-state index contributed by atoms with van der Waals surface area (Å²) in [5.74, 6) is -3.14. The average molecular weight is 495 g/mol. The van der Waals surface area contributed by atoms with Crippen LogP contribution in [-0.4, -0.2) is 77.6 Å². The number of nitrogens with zero attached hydrogens (tertiary/aromatic N) is 3. The van der Waals surface area contributed by atoms with Gasteiger partial charge in [0, 0.05) is 30.9 Å². The third-order valence-corrected chi connectivity index (χ3v) is 6.29. The molecular weight excluding hydrogens is 470 g/mol. The third-order valence-electron chi connectivity index (χ3n) is 6.29. The second-order valence-corrected chi connectivity index (χ2v) is 8.63. The van der Waals surface area contributed by atoms with Crippen molar-refractivity contribution in [2.24, 2.45) is 0 Å². The molecule has 2 aliphatic rings. The Balaban J connectivity index is 0.000000429. The van der Waals surface area contributed by atoms with Gasteiger partial charge in [-0.2, -0.15) is 13.2 Å². The number of amides is 2. The van der Waals surface area contributed by atoms with Crippen LogP contribution < -0.4 is 4.90 Å². The van der Waals surface area contributed by atoms with Gasteiger partial charge in [-0.1, -0.05) is 24.3 Å². The quantitative estimate of drug-likeness (QED) is 0.647. The van der Waals surface area contributed by atoms with Crippen molar-refractivity contribution in [1.29, 1.82) is 0 Å². The van der Waals surface area contributed by atoms with Crippen LogP contribution in [0.15, 0.2) is 48.5 Å². The molecule has 188 valence electrons. The Kier molecular flexibility index (Phi) is 7.49. The fourth-order valence-electron chi connectivity index (χ4n) is 4.29. The van der Waals surface area contributed by atoms with Gasteiger partial charge in [0.2, 0.25) is 5.91 Å². The number of likely N-dealkylation sites (tertiary alicyclic amines) is 1. The minimum Gasteiger partial charge on any atom is -0.475 e. The van der Waals surface area contributed by atoms with Gasteiger partial charge >= 0.3 is 12.1 Å². The molecule has 1 unspecified atom stereocenters. The Bertz CT molecular complexity index is 1120. The van der Waals surface area contributed by atoms with Crippen molar-refractivity contribution in [3.63, 3.8) is 0 Å². The Morgan fingerprint density at radius 2 is 1.71 bits per heavy atom. The molecule has 35 heavy (non-hydrogen) atoms. The second kappa shape index (κ2) is 10.0. The average Bonchev–Trinajstić information content (AvgIpc) is 3.21. The Morgan fingerprint density at radius 1 is 1.06 bits per heavy atom. The van der Waals surface area contributed by atoms with Crippen molar-refractivity contribution >= 4 is 23.5 Å². The molecular formula is C24H25F4N3O4. The fourth-order valence-corrected chi connectivity index (χ4v) is 4.29. The third kappa shape index (κ3) is 5.79. The molecule has 0 aliphatic carbocycles. The van der Waals surface area contributed by atoms with Crippen LogP contribution in [0.3, 0.4) is 0 Å². The van der Waals surface area contributed by atoms with Crippen LogP contribution >= 0.6 is 0 Å². The summed E-state index contributed by atoms with van der Waals surface area (Å²) in [6, 6.07) is 13.7. The molecule has 2 aromatic rings. The summed E-state index contributed by atoms with van der Waals surface area (Å²) in [6.07, 6.45) is -4.31. The molecule has 2 aromatic carbocycles. The smallest absolute Gasteiger partial charge is 0.475 e. The first-order chi connectivity index (χ1) is 16.3. The number of benzene rings is 2. The van der Waals surface area contributed by atoms with Crippen LogP contribution in [0.4, 0.5) is 23.2 Å². The van der Waals surface area contributed by atoms with E-state index in [9.17, 15) is 27.2 Å². The van der Waals surface area contributed by atoms with Crippen LogP contribution in [0.25, 0.3) is 0 Å². The maximum absolute atomic E-state index is 13.7.